The van der Waals surface area contributed by atoms with Crippen molar-refractivity contribution in [2.75, 3.05) is 7.05 Å². The molecule has 100 valence electrons. The van der Waals surface area contributed by atoms with Crippen molar-refractivity contribution >= 4 is 0 Å². The quantitative estimate of drug-likeness (QED) is 0.888. The molecule has 2 rings (SSSR count). The molecule has 3 heteroatoms. The Balaban J connectivity index is 2.20. The van der Waals surface area contributed by atoms with E-state index in [-0.39, 0.29) is 0 Å². The van der Waals surface area contributed by atoms with Crippen molar-refractivity contribution in [3.63, 3.8) is 0 Å². The van der Waals surface area contributed by atoms with E-state index < -0.39 is 0 Å². The van der Waals surface area contributed by atoms with Crippen molar-refractivity contribution in [2.24, 2.45) is 5.92 Å². The van der Waals surface area contributed by atoms with Crippen LogP contribution >= 0.6 is 0 Å². The highest BCUT2D eigenvalue weighted by Gasteiger charge is 2.27. The van der Waals surface area contributed by atoms with Gasteiger partial charge in [-0.15, -0.1) is 0 Å². The van der Waals surface area contributed by atoms with Gasteiger partial charge in [-0.3, -0.25) is 0 Å². The van der Waals surface area contributed by atoms with Crippen LogP contribution in [0.4, 0.5) is 0 Å². The van der Waals surface area contributed by atoms with Crippen LogP contribution in [0.15, 0.2) is 0 Å². The standard InChI is InChI=1S/C15H25N3/c1-5-12-6-7-13(8-12)15-17-10(2)14(9-16-4)11(3)18-15/h12-13,16H,5-9H2,1-4H3. The molecule has 18 heavy (non-hydrogen) atoms. The molecule has 1 aliphatic rings. The molecule has 0 amide bonds. The largest absolute Gasteiger partial charge is 0.316 e. The SMILES string of the molecule is CCC1CCC(c2nc(C)c(CNC)c(C)n2)C1. The van der Waals surface area contributed by atoms with Gasteiger partial charge in [0.15, 0.2) is 0 Å². The molecule has 2 atom stereocenters. The van der Waals surface area contributed by atoms with Gasteiger partial charge in [0.2, 0.25) is 0 Å². The first-order valence-corrected chi connectivity index (χ1v) is 7.14. The maximum absolute atomic E-state index is 4.75. The van der Waals surface area contributed by atoms with E-state index in [0.717, 1.165) is 29.7 Å². The fourth-order valence-corrected chi connectivity index (χ4v) is 3.06. The normalized spacial score (nSPS) is 23.6. The van der Waals surface area contributed by atoms with Gasteiger partial charge in [-0.25, -0.2) is 9.97 Å². The Morgan fingerprint density at radius 1 is 1.17 bits per heavy atom. The van der Waals surface area contributed by atoms with E-state index in [0.29, 0.717) is 5.92 Å². The Labute approximate surface area is 110 Å². The summed E-state index contributed by atoms with van der Waals surface area (Å²) >= 11 is 0. The van der Waals surface area contributed by atoms with Gasteiger partial charge in [0.25, 0.3) is 0 Å². The molecule has 2 unspecified atom stereocenters. The second kappa shape index (κ2) is 5.79. The third-order valence-electron chi connectivity index (χ3n) is 4.28. The molecule has 1 N–H and O–H groups in total. The Kier molecular flexibility index (Phi) is 4.33. The predicted molar refractivity (Wildman–Crippen MR) is 74.6 cm³/mol. The van der Waals surface area contributed by atoms with Crippen molar-refractivity contribution in [1.29, 1.82) is 0 Å². The van der Waals surface area contributed by atoms with Crippen LogP contribution in [0.2, 0.25) is 0 Å². The molecule has 0 bridgehead atoms. The van der Waals surface area contributed by atoms with Crippen LogP contribution in [0.25, 0.3) is 0 Å². The van der Waals surface area contributed by atoms with Crippen LogP contribution < -0.4 is 5.32 Å². The summed E-state index contributed by atoms with van der Waals surface area (Å²) in [6.07, 6.45) is 5.19. The number of aryl methyl sites for hydroxylation is 2. The minimum absolute atomic E-state index is 0.594. The van der Waals surface area contributed by atoms with E-state index in [1.807, 2.05) is 7.05 Å². The van der Waals surface area contributed by atoms with Crippen molar-refractivity contribution in [2.45, 2.75) is 58.9 Å². The highest BCUT2D eigenvalue weighted by atomic mass is 14.9. The lowest BCUT2D eigenvalue weighted by Gasteiger charge is -2.14. The van der Waals surface area contributed by atoms with Gasteiger partial charge in [-0.05, 0) is 46.1 Å². The molecule has 0 radical (unpaired) electrons. The highest BCUT2D eigenvalue weighted by molar-refractivity contribution is 5.25. The first kappa shape index (κ1) is 13.5. The first-order valence-electron chi connectivity index (χ1n) is 7.14. The highest BCUT2D eigenvalue weighted by Crippen LogP contribution is 2.38. The summed E-state index contributed by atoms with van der Waals surface area (Å²) in [6.45, 7) is 7.37. The summed E-state index contributed by atoms with van der Waals surface area (Å²) in [7, 11) is 1.97. The smallest absolute Gasteiger partial charge is 0.131 e. The zero-order valence-corrected chi connectivity index (χ0v) is 12.1. The average Bonchev–Trinajstić information content (AvgIpc) is 2.82. The second-order valence-corrected chi connectivity index (χ2v) is 5.55. The molecule has 0 spiro atoms. The van der Waals surface area contributed by atoms with Crippen molar-refractivity contribution in [1.82, 2.24) is 15.3 Å². The van der Waals surface area contributed by atoms with Gasteiger partial charge >= 0.3 is 0 Å². The third kappa shape index (κ3) is 2.72. The van der Waals surface area contributed by atoms with Crippen molar-refractivity contribution < 1.29 is 0 Å². The lowest BCUT2D eigenvalue weighted by molar-refractivity contribution is 0.515. The minimum Gasteiger partial charge on any atom is -0.316 e. The van der Waals surface area contributed by atoms with Crippen LogP contribution in [-0.2, 0) is 6.54 Å². The molecule has 0 aromatic carbocycles. The van der Waals surface area contributed by atoms with E-state index in [2.05, 4.69) is 26.1 Å². The van der Waals surface area contributed by atoms with E-state index in [1.165, 1.54) is 31.2 Å². The Hall–Kier alpha value is -0.960. The van der Waals surface area contributed by atoms with Gasteiger partial charge < -0.3 is 5.32 Å². The molecule has 0 aliphatic heterocycles. The van der Waals surface area contributed by atoms with Gasteiger partial charge in [-0.2, -0.15) is 0 Å². The van der Waals surface area contributed by atoms with E-state index in [4.69, 9.17) is 9.97 Å². The van der Waals surface area contributed by atoms with Crippen molar-refractivity contribution in [3.8, 4) is 0 Å². The summed E-state index contributed by atoms with van der Waals surface area (Å²) in [6, 6.07) is 0. The summed E-state index contributed by atoms with van der Waals surface area (Å²) in [5.41, 5.74) is 3.55. The van der Waals surface area contributed by atoms with Crippen LogP contribution in [0.1, 0.15) is 61.3 Å². The van der Waals surface area contributed by atoms with Crippen LogP contribution in [-0.4, -0.2) is 17.0 Å². The zero-order valence-electron chi connectivity index (χ0n) is 12.1. The topological polar surface area (TPSA) is 37.8 Å². The van der Waals surface area contributed by atoms with Crippen LogP contribution in [0.3, 0.4) is 0 Å². The van der Waals surface area contributed by atoms with E-state index in [9.17, 15) is 0 Å². The monoisotopic (exact) mass is 247 g/mol. The Morgan fingerprint density at radius 2 is 1.83 bits per heavy atom. The van der Waals surface area contributed by atoms with Gasteiger partial charge in [0.05, 0.1) is 0 Å². The fraction of sp³-hybridized carbons (Fsp3) is 0.733. The number of hydrogen-bond donors (Lipinski definition) is 1. The molecule has 1 fully saturated rings. The summed E-state index contributed by atoms with van der Waals surface area (Å²) in [4.78, 5) is 9.50. The third-order valence-corrected chi connectivity index (χ3v) is 4.28. The van der Waals surface area contributed by atoms with E-state index >= 15 is 0 Å². The maximum atomic E-state index is 4.75. The number of rotatable bonds is 4. The lowest BCUT2D eigenvalue weighted by atomic mass is 10.0. The zero-order chi connectivity index (χ0) is 13.1. The molecule has 3 nitrogen and oxygen atoms in total. The van der Waals surface area contributed by atoms with Crippen molar-refractivity contribution in [3.05, 3.63) is 22.8 Å². The number of aromatic nitrogens is 2. The van der Waals surface area contributed by atoms with E-state index in [1.54, 1.807) is 0 Å². The molecule has 1 aliphatic carbocycles. The van der Waals surface area contributed by atoms with Crippen LogP contribution in [0.5, 0.6) is 0 Å². The maximum Gasteiger partial charge on any atom is 0.131 e. The molecule has 1 saturated carbocycles. The molecule has 1 aromatic rings. The molecular formula is C15H25N3. The Bertz CT molecular complexity index is 391. The number of nitrogens with one attached hydrogen (secondary N) is 1. The van der Waals surface area contributed by atoms with Gasteiger partial charge in [0, 0.05) is 29.4 Å². The average molecular weight is 247 g/mol. The lowest BCUT2D eigenvalue weighted by Crippen LogP contribution is -2.13. The number of nitrogens with zero attached hydrogens (tertiary/aromatic N) is 2. The van der Waals surface area contributed by atoms with Gasteiger partial charge in [0.1, 0.15) is 5.82 Å². The summed E-state index contributed by atoms with van der Waals surface area (Å²) < 4.78 is 0. The number of hydrogen-bond acceptors (Lipinski definition) is 3. The van der Waals surface area contributed by atoms with Crippen LogP contribution in [0, 0.1) is 19.8 Å². The Morgan fingerprint density at radius 3 is 2.33 bits per heavy atom. The molecular weight excluding hydrogens is 222 g/mol. The van der Waals surface area contributed by atoms with Gasteiger partial charge in [-0.1, -0.05) is 13.3 Å². The summed E-state index contributed by atoms with van der Waals surface area (Å²) in [5, 5.41) is 3.19. The molecule has 0 saturated heterocycles. The molecule has 1 aromatic heterocycles. The minimum atomic E-state index is 0.594. The molecule has 1 heterocycles. The second-order valence-electron chi connectivity index (χ2n) is 5.55. The predicted octanol–water partition coefficient (Wildman–Crippen LogP) is 3.11. The fourth-order valence-electron chi connectivity index (χ4n) is 3.06. The summed E-state index contributed by atoms with van der Waals surface area (Å²) in [5.74, 6) is 2.56. The first-order chi connectivity index (χ1) is 8.65.